The Morgan fingerprint density at radius 1 is 0.944 bits per heavy atom. The second kappa shape index (κ2) is 6.25. The van der Waals surface area contributed by atoms with Crippen LogP contribution < -0.4 is 4.74 Å². The molecule has 0 unspecified atom stereocenters. The highest BCUT2D eigenvalue weighted by Crippen LogP contribution is 2.26. The largest absolute Gasteiger partial charge is 0.457 e. The normalized spacial score (nSPS) is 10.3. The van der Waals surface area contributed by atoms with Crippen LogP contribution in [0.3, 0.4) is 0 Å². The van der Waals surface area contributed by atoms with Gasteiger partial charge in [0.25, 0.3) is 0 Å². The van der Waals surface area contributed by atoms with E-state index >= 15 is 0 Å². The van der Waals surface area contributed by atoms with Gasteiger partial charge in [0.15, 0.2) is 0 Å². The van der Waals surface area contributed by atoms with Crippen LogP contribution in [0.2, 0.25) is 0 Å². The van der Waals surface area contributed by atoms with Crippen molar-refractivity contribution in [2.45, 2.75) is 33.1 Å². The smallest absolute Gasteiger partial charge is 0.130 e. The molecule has 0 saturated heterocycles. The molecule has 0 saturated carbocycles. The standard InChI is InChI=1S/C17H20O/c1-3-4-7-15-8-5-6-9-17(15)18-16-12-10-14(2)11-13-16/h5-6,8-13H,3-4,7H2,1-2H3. The lowest BCUT2D eigenvalue weighted by Gasteiger charge is -2.11. The zero-order valence-corrected chi connectivity index (χ0v) is 11.1. The number of ether oxygens (including phenoxy) is 1. The maximum Gasteiger partial charge on any atom is 0.130 e. The van der Waals surface area contributed by atoms with Gasteiger partial charge in [-0.2, -0.15) is 0 Å². The minimum Gasteiger partial charge on any atom is -0.457 e. The Morgan fingerprint density at radius 2 is 1.67 bits per heavy atom. The predicted molar refractivity (Wildman–Crippen MR) is 76.3 cm³/mol. The molecule has 1 heteroatoms. The number of unbranched alkanes of at least 4 members (excludes halogenated alkanes) is 1. The number of aryl methyl sites for hydroxylation is 2. The molecule has 2 rings (SSSR count). The van der Waals surface area contributed by atoms with E-state index in [4.69, 9.17) is 4.74 Å². The highest BCUT2D eigenvalue weighted by molar-refractivity contribution is 5.38. The maximum absolute atomic E-state index is 5.96. The number of hydrogen-bond acceptors (Lipinski definition) is 1. The van der Waals surface area contributed by atoms with Crippen LogP contribution >= 0.6 is 0 Å². The molecule has 0 aromatic heterocycles. The first-order valence-corrected chi connectivity index (χ1v) is 6.62. The molecule has 0 amide bonds. The number of hydrogen-bond donors (Lipinski definition) is 0. The summed E-state index contributed by atoms with van der Waals surface area (Å²) in [6.45, 7) is 4.29. The molecule has 0 bridgehead atoms. The molecular weight excluding hydrogens is 220 g/mol. The maximum atomic E-state index is 5.96. The van der Waals surface area contributed by atoms with Crippen molar-refractivity contribution in [2.24, 2.45) is 0 Å². The third kappa shape index (κ3) is 3.36. The molecule has 18 heavy (non-hydrogen) atoms. The van der Waals surface area contributed by atoms with Gasteiger partial charge >= 0.3 is 0 Å². The molecule has 1 nitrogen and oxygen atoms in total. The summed E-state index contributed by atoms with van der Waals surface area (Å²) in [4.78, 5) is 0. The van der Waals surface area contributed by atoms with Crippen LogP contribution in [0.15, 0.2) is 48.5 Å². The SMILES string of the molecule is CCCCc1ccccc1Oc1ccc(C)cc1. The van der Waals surface area contributed by atoms with E-state index in [0.29, 0.717) is 0 Å². The molecule has 0 fully saturated rings. The van der Waals surface area contributed by atoms with Gasteiger partial charge in [0.05, 0.1) is 0 Å². The zero-order chi connectivity index (χ0) is 12.8. The Hall–Kier alpha value is -1.76. The zero-order valence-electron chi connectivity index (χ0n) is 11.1. The molecule has 0 N–H and O–H groups in total. The quantitative estimate of drug-likeness (QED) is 0.704. The van der Waals surface area contributed by atoms with Crippen molar-refractivity contribution in [3.63, 3.8) is 0 Å². The van der Waals surface area contributed by atoms with Crippen molar-refractivity contribution in [1.82, 2.24) is 0 Å². The van der Waals surface area contributed by atoms with Crippen LogP contribution in [0.1, 0.15) is 30.9 Å². The van der Waals surface area contributed by atoms with Gasteiger partial charge in [0.2, 0.25) is 0 Å². The molecule has 0 radical (unpaired) electrons. The lowest BCUT2D eigenvalue weighted by atomic mass is 10.1. The molecule has 2 aromatic rings. The Kier molecular flexibility index (Phi) is 4.40. The Balaban J connectivity index is 2.15. The minimum atomic E-state index is 0.907. The first-order valence-electron chi connectivity index (χ1n) is 6.62. The average Bonchev–Trinajstić information content (AvgIpc) is 2.40. The molecule has 0 heterocycles. The van der Waals surface area contributed by atoms with Crippen molar-refractivity contribution in [3.05, 3.63) is 59.7 Å². The second-order valence-electron chi connectivity index (χ2n) is 4.63. The number of para-hydroxylation sites is 1. The lowest BCUT2D eigenvalue weighted by molar-refractivity contribution is 0.475. The third-order valence-corrected chi connectivity index (χ3v) is 3.02. The van der Waals surface area contributed by atoms with E-state index in [1.54, 1.807) is 0 Å². The van der Waals surface area contributed by atoms with Crippen LogP contribution in [0, 0.1) is 6.92 Å². The van der Waals surface area contributed by atoms with Gasteiger partial charge in [0.1, 0.15) is 11.5 Å². The summed E-state index contributed by atoms with van der Waals surface area (Å²) in [5.41, 5.74) is 2.54. The molecule has 0 aliphatic heterocycles. The minimum absolute atomic E-state index is 0.907. The van der Waals surface area contributed by atoms with Crippen molar-refractivity contribution >= 4 is 0 Å². The summed E-state index contributed by atoms with van der Waals surface area (Å²) >= 11 is 0. The molecule has 0 spiro atoms. The van der Waals surface area contributed by atoms with Gasteiger partial charge in [0, 0.05) is 0 Å². The van der Waals surface area contributed by atoms with Gasteiger partial charge in [-0.3, -0.25) is 0 Å². The highest BCUT2D eigenvalue weighted by atomic mass is 16.5. The molecular formula is C17H20O. The van der Waals surface area contributed by atoms with Gasteiger partial charge in [-0.1, -0.05) is 49.2 Å². The van der Waals surface area contributed by atoms with Crippen molar-refractivity contribution in [1.29, 1.82) is 0 Å². The van der Waals surface area contributed by atoms with E-state index < -0.39 is 0 Å². The van der Waals surface area contributed by atoms with Gasteiger partial charge < -0.3 is 4.74 Å². The highest BCUT2D eigenvalue weighted by Gasteiger charge is 2.03. The van der Waals surface area contributed by atoms with Crippen molar-refractivity contribution in [2.75, 3.05) is 0 Å². The summed E-state index contributed by atoms with van der Waals surface area (Å²) in [6.07, 6.45) is 3.49. The summed E-state index contributed by atoms with van der Waals surface area (Å²) in [5, 5.41) is 0. The first kappa shape index (κ1) is 12.7. The predicted octanol–water partition coefficient (Wildman–Crippen LogP) is 5.13. The van der Waals surface area contributed by atoms with Gasteiger partial charge in [-0.05, 0) is 43.5 Å². The Bertz CT molecular complexity index is 485. The Labute approximate surface area is 109 Å². The molecule has 94 valence electrons. The topological polar surface area (TPSA) is 9.23 Å². The molecule has 0 aliphatic carbocycles. The molecule has 0 atom stereocenters. The van der Waals surface area contributed by atoms with Crippen LogP contribution in [0.25, 0.3) is 0 Å². The summed E-state index contributed by atoms with van der Waals surface area (Å²) < 4.78 is 5.96. The van der Waals surface area contributed by atoms with Gasteiger partial charge in [-0.15, -0.1) is 0 Å². The molecule has 0 aliphatic rings. The van der Waals surface area contributed by atoms with E-state index in [-0.39, 0.29) is 0 Å². The number of benzene rings is 2. The van der Waals surface area contributed by atoms with Crippen LogP contribution in [-0.2, 0) is 6.42 Å². The van der Waals surface area contributed by atoms with E-state index in [1.807, 2.05) is 24.3 Å². The van der Waals surface area contributed by atoms with E-state index in [1.165, 1.54) is 24.0 Å². The van der Waals surface area contributed by atoms with E-state index in [9.17, 15) is 0 Å². The summed E-state index contributed by atoms with van der Waals surface area (Å²) in [7, 11) is 0. The van der Waals surface area contributed by atoms with Gasteiger partial charge in [-0.25, -0.2) is 0 Å². The third-order valence-electron chi connectivity index (χ3n) is 3.02. The summed E-state index contributed by atoms with van der Waals surface area (Å²) in [6, 6.07) is 16.5. The fraction of sp³-hybridized carbons (Fsp3) is 0.294. The number of rotatable bonds is 5. The second-order valence-corrected chi connectivity index (χ2v) is 4.63. The van der Waals surface area contributed by atoms with Crippen LogP contribution in [0.5, 0.6) is 11.5 Å². The van der Waals surface area contributed by atoms with Crippen LogP contribution in [0.4, 0.5) is 0 Å². The van der Waals surface area contributed by atoms with Crippen LogP contribution in [-0.4, -0.2) is 0 Å². The van der Waals surface area contributed by atoms with E-state index in [2.05, 4.69) is 38.1 Å². The van der Waals surface area contributed by atoms with Crippen molar-refractivity contribution < 1.29 is 4.74 Å². The monoisotopic (exact) mass is 240 g/mol. The fourth-order valence-corrected chi connectivity index (χ4v) is 1.91. The Morgan fingerprint density at radius 3 is 2.39 bits per heavy atom. The first-order chi connectivity index (χ1) is 8.79. The van der Waals surface area contributed by atoms with Crippen molar-refractivity contribution in [3.8, 4) is 11.5 Å². The summed E-state index contributed by atoms with van der Waals surface area (Å²) in [5.74, 6) is 1.89. The average molecular weight is 240 g/mol. The fourth-order valence-electron chi connectivity index (χ4n) is 1.91. The lowest BCUT2D eigenvalue weighted by Crippen LogP contribution is -1.92. The molecule has 2 aromatic carbocycles. The van der Waals surface area contributed by atoms with E-state index in [0.717, 1.165) is 17.9 Å².